The maximum atomic E-state index is 13.0. The summed E-state index contributed by atoms with van der Waals surface area (Å²) in [6.45, 7) is 0.687. The van der Waals surface area contributed by atoms with Crippen LogP contribution in [0.3, 0.4) is 0 Å². The van der Waals surface area contributed by atoms with Crippen LogP contribution >= 0.6 is 0 Å². The lowest BCUT2D eigenvalue weighted by atomic mass is 9.69. The largest absolute Gasteiger partial charge is 0.373 e. The van der Waals surface area contributed by atoms with Gasteiger partial charge in [-0.15, -0.1) is 0 Å². The van der Waals surface area contributed by atoms with E-state index in [-0.39, 0.29) is 11.2 Å². The quantitative estimate of drug-likeness (QED) is 0.780. The first-order valence-electron chi connectivity index (χ1n) is 5.53. The Bertz CT molecular complexity index is 418. The van der Waals surface area contributed by atoms with Crippen molar-refractivity contribution in [1.82, 2.24) is 0 Å². The van der Waals surface area contributed by atoms with E-state index >= 15 is 0 Å². The lowest BCUT2D eigenvalue weighted by molar-refractivity contribution is 0.223. The van der Waals surface area contributed by atoms with Crippen LogP contribution in [0, 0.1) is 22.6 Å². The average Bonchev–Trinajstić information content (AvgIpc) is 2.23. The fourth-order valence-electron chi connectivity index (χ4n) is 2.17. The van der Waals surface area contributed by atoms with E-state index in [0.717, 1.165) is 24.9 Å². The Labute approximate surface area is 95.3 Å². The number of benzene rings is 1. The Hall–Kier alpha value is -1.56. The molecule has 1 aromatic carbocycles. The molecule has 0 aliphatic heterocycles. The standard InChI is InChI=1S/C13H15FN2/c1-16(10-13(9-15)6-3-7-13)12-5-2-4-11(14)8-12/h2,4-5,8H,3,6-7,10H2,1H3. The summed E-state index contributed by atoms with van der Waals surface area (Å²) in [6, 6.07) is 8.89. The summed E-state index contributed by atoms with van der Waals surface area (Å²) < 4.78 is 13.0. The van der Waals surface area contributed by atoms with Gasteiger partial charge in [-0.1, -0.05) is 12.5 Å². The van der Waals surface area contributed by atoms with E-state index in [1.165, 1.54) is 12.1 Å². The molecule has 0 atom stereocenters. The van der Waals surface area contributed by atoms with E-state index in [1.54, 1.807) is 6.07 Å². The van der Waals surface area contributed by atoms with Crippen LogP contribution in [0.4, 0.5) is 10.1 Å². The lowest BCUT2D eigenvalue weighted by Crippen LogP contribution is -2.39. The predicted octanol–water partition coefficient (Wildman–Crippen LogP) is 2.96. The minimum atomic E-state index is -0.232. The fraction of sp³-hybridized carbons (Fsp3) is 0.462. The first kappa shape index (κ1) is 10.9. The van der Waals surface area contributed by atoms with Crippen molar-refractivity contribution in [3.05, 3.63) is 30.1 Å². The van der Waals surface area contributed by atoms with Crippen LogP contribution in [0.5, 0.6) is 0 Å². The third kappa shape index (κ3) is 2.01. The topological polar surface area (TPSA) is 27.0 Å². The third-order valence-corrected chi connectivity index (χ3v) is 3.34. The van der Waals surface area contributed by atoms with Crippen LogP contribution in [0.2, 0.25) is 0 Å². The van der Waals surface area contributed by atoms with Crippen molar-refractivity contribution in [2.45, 2.75) is 19.3 Å². The van der Waals surface area contributed by atoms with Crippen molar-refractivity contribution >= 4 is 5.69 Å². The van der Waals surface area contributed by atoms with Gasteiger partial charge in [0.1, 0.15) is 5.82 Å². The molecule has 84 valence electrons. The second-order valence-electron chi connectivity index (χ2n) is 4.58. The van der Waals surface area contributed by atoms with Crippen molar-refractivity contribution in [3.63, 3.8) is 0 Å². The maximum Gasteiger partial charge on any atom is 0.125 e. The molecule has 0 radical (unpaired) electrons. The van der Waals surface area contributed by atoms with Crippen LogP contribution in [0.15, 0.2) is 24.3 Å². The molecule has 16 heavy (non-hydrogen) atoms. The second kappa shape index (κ2) is 4.13. The smallest absolute Gasteiger partial charge is 0.125 e. The van der Waals surface area contributed by atoms with Gasteiger partial charge >= 0.3 is 0 Å². The summed E-state index contributed by atoms with van der Waals surface area (Å²) in [5.41, 5.74) is 0.627. The van der Waals surface area contributed by atoms with Gasteiger partial charge in [-0.25, -0.2) is 4.39 Å². The normalized spacial score (nSPS) is 17.3. The minimum Gasteiger partial charge on any atom is -0.373 e. The highest BCUT2D eigenvalue weighted by Crippen LogP contribution is 2.41. The fourth-order valence-corrected chi connectivity index (χ4v) is 2.17. The van der Waals surface area contributed by atoms with Crippen molar-refractivity contribution in [3.8, 4) is 6.07 Å². The highest BCUT2D eigenvalue weighted by atomic mass is 19.1. The summed E-state index contributed by atoms with van der Waals surface area (Å²) in [7, 11) is 1.91. The lowest BCUT2D eigenvalue weighted by Gasteiger charge is -2.39. The molecule has 0 heterocycles. The molecule has 2 rings (SSSR count). The van der Waals surface area contributed by atoms with Crippen molar-refractivity contribution in [2.75, 3.05) is 18.5 Å². The SMILES string of the molecule is CN(CC1(C#N)CCC1)c1cccc(F)c1. The molecule has 1 aliphatic carbocycles. The van der Waals surface area contributed by atoms with Gasteiger partial charge in [0.2, 0.25) is 0 Å². The summed E-state index contributed by atoms with van der Waals surface area (Å²) in [4.78, 5) is 1.96. The molecule has 2 nitrogen and oxygen atoms in total. The first-order valence-corrected chi connectivity index (χ1v) is 5.53. The van der Waals surface area contributed by atoms with Gasteiger partial charge < -0.3 is 4.90 Å². The Kier molecular flexibility index (Phi) is 2.82. The average molecular weight is 218 g/mol. The summed E-state index contributed by atoms with van der Waals surface area (Å²) in [5, 5.41) is 9.14. The second-order valence-corrected chi connectivity index (χ2v) is 4.58. The van der Waals surface area contributed by atoms with Gasteiger partial charge in [-0.3, -0.25) is 0 Å². The molecule has 0 aromatic heterocycles. The molecular weight excluding hydrogens is 203 g/mol. The Morgan fingerprint density at radius 2 is 2.25 bits per heavy atom. The summed E-state index contributed by atoms with van der Waals surface area (Å²) in [5.74, 6) is -0.232. The van der Waals surface area contributed by atoms with E-state index in [9.17, 15) is 4.39 Å². The van der Waals surface area contributed by atoms with E-state index in [2.05, 4.69) is 6.07 Å². The number of anilines is 1. The van der Waals surface area contributed by atoms with Crippen LogP contribution in [0.25, 0.3) is 0 Å². The molecule has 1 saturated carbocycles. The van der Waals surface area contributed by atoms with Gasteiger partial charge in [0, 0.05) is 19.3 Å². The van der Waals surface area contributed by atoms with Crippen LogP contribution in [-0.4, -0.2) is 13.6 Å². The predicted molar refractivity (Wildman–Crippen MR) is 61.6 cm³/mol. The van der Waals surface area contributed by atoms with Crippen molar-refractivity contribution in [1.29, 1.82) is 5.26 Å². The van der Waals surface area contributed by atoms with Gasteiger partial charge in [0.15, 0.2) is 0 Å². The van der Waals surface area contributed by atoms with E-state index < -0.39 is 0 Å². The molecule has 1 aliphatic rings. The highest BCUT2D eigenvalue weighted by molar-refractivity contribution is 5.46. The monoisotopic (exact) mass is 218 g/mol. The van der Waals surface area contributed by atoms with Crippen LogP contribution in [0.1, 0.15) is 19.3 Å². The zero-order chi connectivity index (χ0) is 11.6. The molecule has 1 fully saturated rings. The third-order valence-electron chi connectivity index (χ3n) is 3.34. The minimum absolute atomic E-state index is 0.207. The van der Waals surface area contributed by atoms with E-state index in [1.807, 2.05) is 18.0 Å². The Balaban J connectivity index is 2.08. The van der Waals surface area contributed by atoms with Gasteiger partial charge in [-0.05, 0) is 31.0 Å². The summed E-state index contributed by atoms with van der Waals surface area (Å²) >= 11 is 0. The Morgan fingerprint density at radius 1 is 1.50 bits per heavy atom. The maximum absolute atomic E-state index is 13.0. The number of hydrogen-bond acceptors (Lipinski definition) is 2. The molecule has 3 heteroatoms. The molecule has 0 amide bonds. The molecular formula is C13H15FN2. The zero-order valence-corrected chi connectivity index (χ0v) is 9.41. The van der Waals surface area contributed by atoms with Crippen molar-refractivity contribution in [2.24, 2.45) is 5.41 Å². The molecule has 0 spiro atoms. The van der Waals surface area contributed by atoms with Crippen molar-refractivity contribution < 1.29 is 4.39 Å². The van der Waals surface area contributed by atoms with Gasteiger partial charge in [0.25, 0.3) is 0 Å². The number of halogens is 1. The van der Waals surface area contributed by atoms with Gasteiger partial charge in [-0.2, -0.15) is 5.26 Å². The molecule has 1 aromatic rings. The number of nitrogens with zero attached hydrogens (tertiary/aromatic N) is 2. The van der Waals surface area contributed by atoms with Crippen LogP contribution in [-0.2, 0) is 0 Å². The van der Waals surface area contributed by atoms with Gasteiger partial charge in [0.05, 0.1) is 11.5 Å². The number of hydrogen-bond donors (Lipinski definition) is 0. The first-order chi connectivity index (χ1) is 7.65. The molecule has 0 bridgehead atoms. The molecule has 0 unspecified atom stereocenters. The number of nitriles is 1. The highest BCUT2D eigenvalue weighted by Gasteiger charge is 2.38. The Morgan fingerprint density at radius 3 is 2.75 bits per heavy atom. The zero-order valence-electron chi connectivity index (χ0n) is 9.41. The number of rotatable bonds is 3. The molecule has 0 saturated heterocycles. The summed E-state index contributed by atoms with van der Waals surface area (Å²) in [6.07, 6.45) is 3.05. The van der Waals surface area contributed by atoms with Crippen LogP contribution < -0.4 is 4.90 Å². The van der Waals surface area contributed by atoms with E-state index in [4.69, 9.17) is 5.26 Å². The molecule has 0 N–H and O–H groups in total. The van der Waals surface area contributed by atoms with E-state index in [0.29, 0.717) is 6.54 Å².